The molecule has 7 nitrogen and oxygen atoms in total. The zero-order valence-electron chi connectivity index (χ0n) is 21.8. The second kappa shape index (κ2) is 13.1. The number of ether oxygens (including phenoxy) is 2. The molecule has 1 saturated heterocycles. The topological polar surface area (TPSA) is 79.3 Å². The number of benzene rings is 2. The van der Waals surface area contributed by atoms with E-state index in [1.165, 1.54) is 0 Å². The monoisotopic (exact) mass is 494 g/mol. The van der Waals surface area contributed by atoms with Gasteiger partial charge in [0, 0.05) is 12.1 Å². The van der Waals surface area contributed by atoms with Crippen molar-refractivity contribution in [1.29, 1.82) is 0 Å². The van der Waals surface area contributed by atoms with Crippen molar-refractivity contribution in [2.24, 2.45) is 0 Å². The number of rotatable bonds is 13. The second-order valence-corrected chi connectivity index (χ2v) is 8.88. The van der Waals surface area contributed by atoms with E-state index in [9.17, 15) is 14.7 Å². The number of ketones is 1. The van der Waals surface area contributed by atoms with E-state index in [1.54, 1.807) is 36.3 Å². The first-order chi connectivity index (χ1) is 17.4. The third-order valence-electron chi connectivity index (χ3n) is 6.61. The number of aliphatic hydroxyl groups excluding tert-OH is 1. The van der Waals surface area contributed by atoms with Crippen LogP contribution in [0.25, 0.3) is 5.76 Å². The number of aliphatic hydroxyl groups is 1. The lowest BCUT2D eigenvalue weighted by Gasteiger charge is -2.27. The first-order valence-electron chi connectivity index (χ1n) is 12.8. The third kappa shape index (κ3) is 6.26. The molecule has 0 aromatic heterocycles. The van der Waals surface area contributed by atoms with Gasteiger partial charge >= 0.3 is 0 Å². The molecular weight excluding hydrogens is 456 g/mol. The van der Waals surface area contributed by atoms with Gasteiger partial charge in [0.05, 0.1) is 25.3 Å². The summed E-state index contributed by atoms with van der Waals surface area (Å²) in [5, 5.41) is 11.3. The molecule has 1 aliphatic rings. The maximum absolute atomic E-state index is 13.3. The quantitative estimate of drug-likeness (QED) is 0.182. The van der Waals surface area contributed by atoms with Crippen molar-refractivity contribution < 1.29 is 24.2 Å². The Morgan fingerprint density at radius 3 is 2.36 bits per heavy atom. The zero-order chi connectivity index (χ0) is 26.1. The lowest BCUT2D eigenvalue weighted by molar-refractivity contribution is -0.140. The van der Waals surface area contributed by atoms with E-state index in [-0.39, 0.29) is 11.3 Å². The van der Waals surface area contributed by atoms with Gasteiger partial charge in [0.2, 0.25) is 0 Å². The first-order valence-corrected chi connectivity index (χ1v) is 12.8. The molecular formula is C29H38N2O5. The van der Waals surface area contributed by atoms with Gasteiger partial charge in [-0.2, -0.15) is 0 Å². The molecule has 36 heavy (non-hydrogen) atoms. The minimum atomic E-state index is -0.696. The Bertz CT molecular complexity index is 1060. The van der Waals surface area contributed by atoms with Gasteiger partial charge in [0.1, 0.15) is 17.3 Å². The first kappa shape index (κ1) is 27.3. The van der Waals surface area contributed by atoms with E-state index in [2.05, 4.69) is 25.7 Å². The van der Waals surface area contributed by atoms with Crippen molar-refractivity contribution >= 4 is 17.4 Å². The van der Waals surface area contributed by atoms with Crippen molar-refractivity contribution in [2.75, 3.05) is 39.9 Å². The number of hydrogen-bond donors (Lipinski definition) is 1. The van der Waals surface area contributed by atoms with Crippen molar-refractivity contribution in [3.63, 3.8) is 0 Å². The highest BCUT2D eigenvalue weighted by molar-refractivity contribution is 6.46. The van der Waals surface area contributed by atoms with Crippen molar-refractivity contribution in [3.05, 3.63) is 65.2 Å². The number of amides is 1. The predicted octanol–water partition coefficient (Wildman–Crippen LogP) is 5.03. The molecule has 1 heterocycles. The minimum Gasteiger partial charge on any atom is -0.507 e. The molecule has 0 saturated carbocycles. The summed E-state index contributed by atoms with van der Waals surface area (Å²) in [6.45, 7) is 9.98. The van der Waals surface area contributed by atoms with Crippen molar-refractivity contribution in [1.82, 2.24) is 9.80 Å². The fourth-order valence-corrected chi connectivity index (χ4v) is 4.47. The normalized spacial score (nSPS) is 17.1. The Balaban J connectivity index is 2.01. The maximum atomic E-state index is 13.3. The highest BCUT2D eigenvalue weighted by atomic mass is 16.5. The molecule has 1 aliphatic heterocycles. The van der Waals surface area contributed by atoms with E-state index in [0.717, 1.165) is 44.5 Å². The highest BCUT2D eigenvalue weighted by Crippen LogP contribution is 2.40. The van der Waals surface area contributed by atoms with Gasteiger partial charge in [-0.1, -0.05) is 39.3 Å². The van der Waals surface area contributed by atoms with Gasteiger partial charge in [-0.25, -0.2) is 0 Å². The molecule has 0 aliphatic carbocycles. The highest BCUT2D eigenvalue weighted by Gasteiger charge is 2.45. The summed E-state index contributed by atoms with van der Waals surface area (Å²) in [5.41, 5.74) is 1.29. The summed E-state index contributed by atoms with van der Waals surface area (Å²) < 4.78 is 11.1. The van der Waals surface area contributed by atoms with Crippen molar-refractivity contribution in [2.45, 2.75) is 46.1 Å². The predicted molar refractivity (Wildman–Crippen MR) is 141 cm³/mol. The van der Waals surface area contributed by atoms with Gasteiger partial charge in [0.25, 0.3) is 11.7 Å². The van der Waals surface area contributed by atoms with Gasteiger partial charge in [-0.05, 0) is 74.4 Å². The van der Waals surface area contributed by atoms with Crippen LogP contribution in [0.4, 0.5) is 0 Å². The largest absolute Gasteiger partial charge is 0.507 e. The molecule has 1 atom stereocenters. The number of Topliss-reactive ketones (excluding diaryl/α,β-unsaturated/α-hetero) is 1. The van der Waals surface area contributed by atoms with E-state index in [4.69, 9.17) is 9.47 Å². The van der Waals surface area contributed by atoms with Crippen LogP contribution in [-0.4, -0.2) is 66.5 Å². The van der Waals surface area contributed by atoms with E-state index in [0.29, 0.717) is 30.2 Å². The molecule has 7 heteroatoms. The van der Waals surface area contributed by atoms with Crippen LogP contribution in [0.3, 0.4) is 0 Å². The number of methoxy groups -OCH3 is 1. The number of likely N-dealkylation sites (tertiary alicyclic amines) is 1. The van der Waals surface area contributed by atoms with Gasteiger partial charge < -0.3 is 24.4 Å². The molecule has 1 unspecified atom stereocenters. The number of nitrogens with zero attached hydrogens (tertiary/aromatic N) is 2. The lowest BCUT2D eigenvalue weighted by atomic mass is 9.95. The van der Waals surface area contributed by atoms with E-state index < -0.39 is 17.7 Å². The number of carbonyl (C=O) groups excluding carboxylic acids is 2. The number of carbonyl (C=O) groups is 2. The second-order valence-electron chi connectivity index (χ2n) is 8.88. The molecule has 1 fully saturated rings. The average Bonchev–Trinajstić information content (AvgIpc) is 3.16. The van der Waals surface area contributed by atoms with Crippen LogP contribution < -0.4 is 9.47 Å². The van der Waals surface area contributed by atoms with Crippen LogP contribution in [0.1, 0.15) is 57.2 Å². The summed E-state index contributed by atoms with van der Waals surface area (Å²) in [4.78, 5) is 30.4. The SMILES string of the molecule is CCCCOc1cccc(C2C(=C(O)c3ccc(OC)cc3)C(=O)C(=O)N2CCCN(CC)CC)c1. The standard InChI is InChI=1S/C29H38N2O5/c1-5-8-19-36-24-12-9-11-22(20-24)26-25(27(32)21-13-15-23(35-4)16-14-21)28(33)29(34)31(26)18-10-17-30(6-2)7-3/h9,11-16,20,26,32H,5-8,10,17-19H2,1-4H3. The van der Waals surface area contributed by atoms with Gasteiger partial charge in [-0.15, -0.1) is 0 Å². The molecule has 194 valence electrons. The van der Waals surface area contributed by atoms with Crippen LogP contribution in [0.15, 0.2) is 54.1 Å². The van der Waals surface area contributed by atoms with Crippen molar-refractivity contribution in [3.8, 4) is 11.5 Å². The summed E-state index contributed by atoms with van der Waals surface area (Å²) in [6, 6.07) is 13.6. The van der Waals surface area contributed by atoms with Crippen LogP contribution in [-0.2, 0) is 9.59 Å². The molecule has 1 amide bonds. The fraction of sp³-hybridized carbons (Fsp3) is 0.448. The minimum absolute atomic E-state index is 0.0960. The van der Waals surface area contributed by atoms with Gasteiger partial charge in [0.15, 0.2) is 0 Å². The molecule has 2 aromatic rings. The summed E-state index contributed by atoms with van der Waals surface area (Å²) in [6.07, 6.45) is 2.68. The fourth-order valence-electron chi connectivity index (χ4n) is 4.47. The Morgan fingerprint density at radius 2 is 1.72 bits per heavy atom. The van der Waals surface area contributed by atoms with Crippen LogP contribution >= 0.6 is 0 Å². The number of unbranched alkanes of at least 4 members (excludes halogenated alkanes) is 1. The van der Waals surface area contributed by atoms with E-state index in [1.807, 2.05) is 24.3 Å². The molecule has 1 N–H and O–H groups in total. The molecule has 0 radical (unpaired) electrons. The van der Waals surface area contributed by atoms with Crippen LogP contribution in [0.2, 0.25) is 0 Å². The summed E-state index contributed by atoms with van der Waals surface area (Å²) >= 11 is 0. The average molecular weight is 495 g/mol. The van der Waals surface area contributed by atoms with Crippen LogP contribution in [0, 0.1) is 0 Å². The summed E-state index contributed by atoms with van der Waals surface area (Å²) in [7, 11) is 1.56. The lowest BCUT2D eigenvalue weighted by Crippen LogP contribution is -2.33. The Hall–Kier alpha value is -3.32. The van der Waals surface area contributed by atoms with Gasteiger partial charge in [-0.3, -0.25) is 9.59 Å². The zero-order valence-corrected chi connectivity index (χ0v) is 21.8. The Morgan fingerprint density at radius 1 is 1.00 bits per heavy atom. The van der Waals surface area contributed by atoms with Crippen LogP contribution in [0.5, 0.6) is 11.5 Å². The smallest absolute Gasteiger partial charge is 0.295 e. The molecule has 3 rings (SSSR count). The molecule has 0 spiro atoms. The van der Waals surface area contributed by atoms with E-state index >= 15 is 0 Å². The maximum Gasteiger partial charge on any atom is 0.295 e. The Labute approximate surface area is 214 Å². The molecule has 2 aromatic carbocycles. The third-order valence-corrected chi connectivity index (χ3v) is 6.61. The summed E-state index contributed by atoms with van der Waals surface area (Å²) in [5.74, 6) is -0.138. The number of hydrogen-bond acceptors (Lipinski definition) is 6. The Kier molecular flexibility index (Phi) is 9.94. The molecule has 0 bridgehead atoms.